The van der Waals surface area contributed by atoms with Crippen LogP contribution in [0.2, 0.25) is 0 Å². The van der Waals surface area contributed by atoms with Gasteiger partial charge in [-0.2, -0.15) is 4.98 Å². The van der Waals surface area contributed by atoms with Crippen LogP contribution in [0.5, 0.6) is 5.75 Å². The van der Waals surface area contributed by atoms with Crippen LogP contribution in [0.4, 0.5) is 11.6 Å². The fourth-order valence-electron chi connectivity index (χ4n) is 3.92. The zero-order chi connectivity index (χ0) is 20.0. The number of hydrogen-bond donors (Lipinski definition) is 0. The van der Waals surface area contributed by atoms with Crippen molar-refractivity contribution in [3.63, 3.8) is 0 Å². The quantitative estimate of drug-likeness (QED) is 0.690. The van der Waals surface area contributed by atoms with E-state index in [4.69, 9.17) is 9.72 Å². The third kappa shape index (κ3) is 2.71. The summed E-state index contributed by atoms with van der Waals surface area (Å²) < 4.78 is 10.1. The Morgan fingerprint density at radius 3 is 2.75 bits per heavy atom. The van der Waals surface area contributed by atoms with Crippen LogP contribution in [0.25, 0.3) is 11.2 Å². The molecule has 8 nitrogen and oxygen atoms in total. The van der Waals surface area contributed by atoms with Gasteiger partial charge >= 0.3 is 5.69 Å². The number of imidazole rings is 1. The van der Waals surface area contributed by atoms with Gasteiger partial charge in [-0.1, -0.05) is 19.9 Å². The first-order valence-corrected chi connectivity index (χ1v) is 9.57. The number of nitrogens with zero attached hydrogens (tertiary/aromatic N) is 5. The van der Waals surface area contributed by atoms with Gasteiger partial charge in [0, 0.05) is 38.4 Å². The first-order chi connectivity index (χ1) is 13.5. The maximum absolute atomic E-state index is 13.1. The van der Waals surface area contributed by atoms with Gasteiger partial charge in [-0.05, 0) is 24.5 Å². The van der Waals surface area contributed by atoms with Crippen molar-refractivity contribution in [2.75, 3.05) is 18.6 Å². The fraction of sp³-hybridized carbons (Fsp3) is 0.450. The Morgan fingerprint density at radius 1 is 1.25 bits per heavy atom. The van der Waals surface area contributed by atoms with Gasteiger partial charge in [0.2, 0.25) is 5.95 Å². The van der Waals surface area contributed by atoms with Gasteiger partial charge in [0.25, 0.3) is 5.56 Å². The van der Waals surface area contributed by atoms with Gasteiger partial charge in [-0.15, -0.1) is 0 Å². The minimum Gasteiger partial charge on any atom is -0.497 e. The molecule has 3 heterocycles. The highest BCUT2D eigenvalue weighted by Gasteiger charge is 2.29. The summed E-state index contributed by atoms with van der Waals surface area (Å²) in [6.45, 7) is 5.96. The van der Waals surface area contributed by atoms with Crippen LogP contribution in [-0.4, -0.2) is 32.3 Å². The van der Waals surface area contributed by atoms with E-state index in [1.165, 1.54) is 9.13 Å². The zero-order valence-electron chi connectivity index (χ0n) is 16.7. The Bertz CT molecular complexity index is 1160. The first-order valence-electron chi connectivity index (χ1n) is 9.57. The molecule has 0 saturated carbocycles. The van der Waals surface area contributed by atoms with E-state index < -0.39 is 0 Å². The van der Waals surface area contributed by atoms with Crippen LogP contribution in [0.1, 0.15) is 20.3 Å². The Kier molecular flexibility index (Phi) is 4.49. The van der Waals surface area contributed by atoms with Crippen molar-refractivity contribution in [1.29, 1.82) is 0 Å². The molecule has 0 spiro atoms. The summed E-state index contributed by atoms with van der Waals surface area (Å²) in [6, 6.07) is 7.78. The van der Waals surface area contributed by atoms with Crippen molar-refractivity contribution in [3.8, 4) is 5.75 Å². The largest absolute Gasteiger partial charge is 0.497 e. The fourth-order valence-corrected chi connectivity index (χ4v) is 3.92. The van der Waals surface area contributed by atoms with E-state index in [1.54, 1.807) is 14.2 Å². The van der Waals surface area contributed by atoms with Crippen molar-refractivity contribution in [2.45, 2.75) is 33.4 Å². The summed E-state index contributed by atoms with van der Waals surface area (Å²) in [6.07, 6.45) is 0.716. The molecule has 0 aliphatic carbocycles. The van der Waals surface area contributed by atoms with Crippen LogP contribution >= 0.6 is 0 Å². The molecule has 148 valence electrons. The lowest BCUT2D eigenvalue weighted by atomic mass is 10.1. The Morgan fingerprint density at radius 2 is 2.04 bits per heavy atom. The molecule has 0 saturated heterocycles. The second kappa shape index (κ2) is 6.85. The highest BCUT2D eigenvalue weighted by molar-refractivity contribution is 5.77. The molecule has 1 aliphatic rings. The SMILES string of the molecule is CCCn1c(=O)c2c(nc3n2C[C@H](C)CN3c2cccc(OC)c2)n(C)c1=O. The highest BCUT2D eigenvalue weighted by atomic mass is 16.5. The van der Waals surface area contributed by atoms with Crippen LogP contribution < -0.4 is 20.9 Å². The monoisotopic (exact) mass is 383 g/mol. The Labute approximate surface area is 162 Å². The molecule has 1 aliphatic heterocycles. The summed E-state index contributed by atoms with van der Waals surface area (Å²) in [5, 5.41) is 0. The van der Waals surface area contributed by atoms with E-state index in [-0.39, 0.29) is 11.2 Å². The molecule has 0 amide bonds. The van der Waals surface area contributed by atoms with Crippen molar-refractivity contribution in [3.05, 3.63) is 45.1 Å². The third-order valence-electron chi connectivity index (χ3n) is 5.25. The summed E-state index contributed by atoms with van der Waals surface area (Å²) in [7, 11) is 3.31. The highest BCUT2D eigenvalue weighted by Crippen LogP contribution is 2.34. The van der Waals surface area contributed by atoms with Crippen molar-refractivity contribution in [2.24, 2.45) is 13.0 Å². The molecule has 28 heavy (non-hydrogen) atoms. The molecule has 0 fully saturated rings. The number of hydrogen-bond acceptors (Lipinski definition) is 5. The standard InChI is InChI=1S/C20H25N5O3/c1-5-9-23-18(26)16-17(22(3)20(23)27)21-19-24(11-13(2)12-25(16)19)14-7-6-8-15(10-14)28-4/h6-8,10,13H,5,9,11-12H2,1-4H3/t13-/m1/s1. The second-order valence-corrected chi connectivity index (χ2v) is 7.41. The van der Waals surface area contributed by atoms with Gasteiger partial charge in [-0.25, -0.2) is 4.79 Å². The lowest BCUT2D eigenvalue weighted by Crippen LogP contribution is -2.40. The van der Waals surface area contributed by atoms with E-state index in [9.17, 15) is 9.59 Å². The minimum absolute atomic E-state index is 0.265. The molecule has 0 unspecified atom stereocenters. The third-order valence-corrected chi connectivity index (χ3v) is 5.25. The van der Waals surface area contributed by atoms with Gasteiger partial charge in [0.1, 0.15) is 5.75 Å². The summed E-state index contributed by atoms with van der Waals surface area (Å²) >= 11 is 0. The van der Waals surface area contributed by atoms with Gasteiger partial charge in [-0.3, -0.25) is 13.9 Å². The van der Waals surface area contributed by atoms with E-state index in [0.717, 1.165) is 18.0 Å². The topological polar surface area (TPSA) is 74.3 Å². The molecular formula is C20H25N5O3. The Hall–Kier alpha value is -3.03. The average Bonchev–Trinajstić information content (AvgIpc) is 3.08. The Balaban J connectivity index is 1.99. The number of aryl methyl sites for hydroxylation is 1. The van der Waals surface area contributed by atoms with Crippen LogP contribution in [0, 0.1) is 5.92 Å². The molecule has 0 radical (unpaired) electrons. The molecule has 1 aromatic carbocycles. The summed E-state index contributed by atoms with van der Waals surface area (Å²) in [5.74, 6) is 1.76. The van der Waals surface area contributed by atoms with E-state index >= 15 is 0 Å². The van der Waals surface area contributed by atoms with Gasteiger partial charge in [0.15, 0.2) is 11.2 Å². The van der Waals surface area contributed by atoms with Gasteiger partial charge in [0.05, 0.1) is 7.11 Å². The molecule has 8 heteroatoms. The van der Waals surface area contributed by atoms with Crippen LogP contribution in [0.15, 0.2) is 33.9 Å². The number of anilines is 2. The first kappa shape index (κ1) is 18.3. The normalized spacial score (nSPS) is 16.4. The zero-order valence-corrected chi connectivity index (χ0v) is 16.7. The maximum atomic E-state index is 13.1. The van der Waals surface area contributed by atoms with E-state index in [1.807, 2.05) is 35.8 Å². The summed E-state index contributed by atoms with van der Waals surface area (Å²) in [4.78, 5) is 32.6. The number of ether oxygens (including phenoxy) is 1. The lowest BCUT2D eigenvalue weighted by Gasteiger charge is -2.33. The van der Waals surface area contributed by atoms with Crippen molar-refractivity contribution < 1.29 is 4.74 Å². The minimum atomic E-state index is -0.323. The average molecular weight is 383 g/mol. The number of fused-ring (bicyclic) bond motifs is 3. The van der Waals surface area contributed by atoms with Gasteiger partial charge < -0.3 is 14.2 Å². The smallest absolute Gasteiger partial charge is 0.332 e. The molecule has 1 atom stereocenters. The van der Waals surface area contributed by atoms with Crippen LogP contribution in [-0.2, 0) is 20.1 Å². The predicted molar refractivity (Wildman–Crippen MR) is 109 cm³/mol. The molecular weight excluding hydrogens is 358 g/mol. The molecule has 3 aromatic rings. The van der Waals surface area contributed by atoms with E-state index in [0.29, 0.717) is 42.5 Å². The van der Waals surface area contributed by atoms with E-state index in [2.05, 4.69) is 11.8 Å². The van der Waals surface area contributed by atoms with Crippen LogP contribution in [0.3, 0.4) is 0 Å². The summed E-state index contributed by atoms with van der Waals surface area (Å²) in [5.41, 5.74) is 1.28. The molecule has 4 rings (SSSR count). The second-order valence-electron chi connectivity index (χ2n) is 7.41. The lowest BCUT2D eigenvalue weighted by molar-refractivity contribution is 0.414. The van der Waals surface area contributed by atoms with Crippen molar-refractivity contribution in [1.82, 2.24) is 18.7 Å². The molecule has 0 N–H and O–H groups in total. The maximum Gasteiger partial charge on any atom is 0.332 e. The number of methoxy groups -OCH3 is 1. The van der Waals surface area contributed by atoms with Crippen molar-refractivity contribution >= 4 is 22.8 Å². The molecule has 0 bridgehead atoms. The number of rotatable bonds is 4. The molecule has 2 aromatic heterocycles. The number of aromatic nitrogens is 4. The predicted octanol–water partition coefficient (Wildman–Crippen LogP) is 2.10. The number of benzene rings is 1.